The van der Waals surface area contributed by atoms with Crippen molar-refractivity contribution in [3.63, 3.8) is 0 Å². The average Bonchev–Trinajstić information content (AvgIpc) is 2.86. The van der Waals surface area contributed by atoms with E-state index in [4.69, 9.17) is 5.73 Å². The zero-order valence-electron chi connectivity index (χ0n) is 20.7. The highest BCUT2D eigenvalue weighted by molar-refractivity contribution is 6.24. The second-order valence-electron chi connectivity index (χ2n) is 10.1. The Hall–Kier alpha value is -4.39. The number of benzene rings is 2. The Balaban J connectivity index is 1.69. The third kappa shape index (κ3) is 3.53. The van der Waals surface area contributed by atoms with E-state index in [1.54, 1.807) is 20.2 Å². The lowest BCUT2D eigenvalue weighted by atomic mass is 9.57. The number of likely N-dealkylation sites (N-methyl/N-ethyl adjacent to an activating group) is 1. The molecule has 0 aliphatic heterocycles. The Morgan fingerprint density at radius 3 is 2.37 bits per heavy atom. The number of nitrogens with two attached hydrogens (primary N) is 1. The van der Waals surface area contributed by atoms with Gasteiger partial charge < -0.3 is 26.2 Å². The van der Waals surface area contributed by atoms with E-state index in [2.05, 4.69) is 11.8 Å². The van der Waals surface area contributed by atoms with Gasteiger partial charge >= 0.3 is 0 Å². The number of phenols is 1. The fraction of sp³-hybridized carbons (Fsp3) is 0.276. The van der Waals surface area contributed by atoms with Crippen LogP contribution in [0.25, 0.3) is 5.76 Å². The zero-order valence-corrected chi connectivity index (χ0v) is 20.7. The molecular formula is C29H26N2O7. The highest BCUT2D eigenvalue weighted by Gasteiger charge is 2.64. The van der Waals surface area contributed by atoms with Gasteiger partial charge in [-0.15, -0.1) is 0 Å². The quantitative estimate of drug-likeness (QED) is 0.297. The van der Waals surface area contributed by atoms with Crippen LogP contribution in [0.1, 0.15) is 28.7 Å². The largest absolute Gasteiger partial charge is 0.508 e. The molecule has 0 saturated heterocycles. The molecule has 0 spiro atoms. The van der Waals surface area contributed by atoms with Crippen LogP contribution in [-0.2, 0) is 20.8 Å². The minimum Gasteiger partial charge on any atom is -0.508 e. The summed E-state index contributed by atoms with van der Waals surface area (Å²) in [5.41, 5.74) is 3.50. The Labute approximate surface area is 218 Å². The van der Waals surface area contributed by atoms with Gasteiger partial charge in [-0.25, -0.2) is 0 Å². The van der Waals surface area contributed by atoms with Crippen molar-refractivity contribution in [1.29, 1.82) is 0 Å². The van der Waals surface area contributed by atoms with Crippen LogP contribution in [0.2, 0.25) is 0 Å². The first-order valence-electron chi connectivity index (χ1n) is 12.0. The zero-order chi connectivity index (χ0) is 27.5. The molecule has 194 valence electrons. The molecule has 3 aliphatic carbocycles. The first kappa shape index (κ1) is 25.3. The van der Waals surface area contributed by atoms with Crippen molar-refractivity contribution in [1.82, 2.24) is 4.90 Å². The lowest BCUT2D eigenvalue weighted by Crippen LogP contribution is -2.65. The van der Waals surface area contributed by atoms with Crippen LogP contribution < -0.4 is 5.73 Å². The summed E-state index contributed by atoms with van der Waals surface area (Å²) in [6, 6.07) is 11.1. The van der Waals surface area contributed by atoms with E-state index in [1.807, 2.05) is 30.3 Å². The maximum atomic E-state index is 13.8. The molecule has 1 fully saturated rings. The number of aliphatic hydroxyl groups is 3. The summed E-state index contributed by atoms with van der Waals surface area (Å²) in [7, 11) is 3.12. The molecule has 0 heterocycles. The fourth-order valence-electron chi connectivity index (χ4n) is 6.02. The van der Waals surface area contributed by atoms with Crippen molar-refractivity contribution in [2.45, 2.75) is 24.5 Å². The summed E-state index contributed by atoms with van der Waals surface area (Å²) in [6.07, 6.45) is 0.203. The number of rotatable bonds is 2. The van der Waals surface area contributed by atoms with Gasteiger partial charge in [-0.2, -0.15) is 0 Å². The summed E-state index contributed by atoms with van der Waals surface area (Å²) < 4.78 is 0. The molecule has 4 atom stereocenters. The van der Waals surface area contributed by atoms with Crippen molar-refractivity contribution in [3.8, 4) is 17.6 Å². The van der Waals surface area contributed by atoms with E-state index in [0.29, 0.717) is 11.1 Å². The molecule has 9 nitrogen and oxygen atoms in total. The Morgan fingerprint density at radius 2 is 1.74 bits per heavy atom. The van der Waals surface area contributed by atoms with E-state index in [-0.39, 0.29) is 29.7 Å². The number of aromatic hydroxyl groups is 1. The molecule has 0 radical (unpaired) electrons. The number of hydrogen-bond acceptors (Lipinski definition) is 8. The number of phenolic OH excluding ortho intramolecular Hbond substituents is 1. The third-order valence-electron chi connectivity index (χ3n) is 7.72. The Kier molecular flexibility index (Phi) is 5.90. The van der Waals surface area contributed by atoms with Crippen molar-refractivity contribution in [2.24, 2.45) is 17.6 Å². The Bertz CT molecular complexity index is 1530. The van der Waals surface area contributed by atoms with Crippen molar-refractivity contribution < 1.29 is 34.8 Å². The van der Waals surface area contributed by atoms with Gasteiger partial charge in [-0.05, 0) is 62.7 Å². The molecule has 2 aromatic rings. The smallest absolute Gasteiger partial charge is 0.255 e. The molecule has 1 saturated carbocycles. The number of carbonyl (C=O) groups excluding carboxylic acids is 3. The lowest BCUT2D eigenvalue weighted by molar-refractivity contribution is -0.153. The maximum Gasteiger partial charge on any atom is 0.255 e. The van der Waals surface area contributed by atoms with Gasteiger partial charge in [0, 0.05) is 22.6 Å². The van der Waals surface area contributed by atoms with Crippen LogP contribution >= 0.6 is 0 Å². The number of Topliss-reactive ketones (excluding diaryl/α,β-unsaturated/α-hetero) is 2. The van der Waals surface area contributed by atoms with Crippen LogP contribution in [0, 0.1) is 23.7 Å². The molecule has 6 N–H and O–H groups in total. The molecular weight excluding hydrogens is 488 g/mol. The van der Waals surface area contributed by atoms with E-state index in [9.17, 15) is 34.8 Å². The van der Waals surface area contributed by atoms with Gasteiger partial charge in [0.1, 0.15) is 22.8 Å². The predicted octanol–water partition coefficient (Wildman–Crippen LogP) is 1.36. The first-order chi connectivity index (χ1) is 18.0. The van der Waals surface area contributed by atoms with Gasteiger partial charge in [0.2, 0.25) is 5.78 Å². The SMILES string of the molecule is CN(C)[C@@H]1C(=O)C(C(N)=O)=C(O)[C@@]2(O)C(=O)C3=C(O)c4c(O)ccc(C#Cc5ccccc5)c4CC3CC12. The molecule has 1 amide bonds. The van der Waals surface area contributed by atoms with Crippen LogP contribution in [0.15, 0.2) is 59.4 Å². The molecule has 2 unspecified atom stereocenters. The van der Waals surface area contributed by atoms with Crippen LogP contribution in [0.4, 0.5) is 0 Å². The fourth-order valence-corrected chi connectivity index (χ4v) is 6.02. The molecule has 5 rings (SSSR count). The lowest BCUT2D eigenvalue weighted by Gasteiger charge is -2.50. The second-order valence-corrected chi connectivity index (χ2v) is 10.1. The summed E-state index contributed by atoms with van der Waals surface area (Å²) in [5, 5.41) is 44.5. The number of nitrogens with zero attached hydrogens (tertiary/aromatic N) is 1. The highest BCUT2D eigenvalue weighted by Crippen LogP contribution is 2.52. The standard InChI is InChI=1S/C29H26N2O7/c1-31(2)23-18-13-16-12-17-15(9-8-14-6-4-3-5-7-14)10-11-19(32)21(17)24(33)20(16)26(35)29(18,38)27(36)22(25(23)34)28(30)37/h3-7,10-11,16,18,23,32-33,36,38H,12-13H2,1-2H3,(H2,30,37)/t16?,18?,23-,29-/m0/s1. The maximum absolute atomic E-state index is 13.8. The van der Waals surface area contributed by atoms with Crippen molar-refractivity contribution >= 4 is 23.2 Å². The molecule has 38 heavy (non-hydrogen) atoms. The second kappa shape index (κ2) is 8.87. The number of primary amides is 1. The van der Waals surface area contributed by atoms with E-state index < -0.39 is 58.0 Å². The number of amides is 1. The normalized spacial score (nSPS) is 26.4. The van der Waals surface area contributed by atoms with Crippen LogP contribution in [-0.4, -0.2) is 68.5 Å². The monoisotopic (exact) mass is 514 g/mol. The Morgan fingerprint density at radius 1 is 1.05 bits per heavy atom. The van der Waals surface area contributed by atoms with Gasteiger partial charge in [0.05, 0.1) is 11.6 Å². The number of ketones is 2. The van der Waals surface area contributed by atoms with Gasteiger partial charge in [-0.3, -0.25) is 19.3 Å². The van der Waals surface area contributed by atoms with Crippen molar-refractivity contribution in [3.05, 3.63) is 81.6 Å². The molecule has 2 aromatic carbocycles. The highest BCUT2D eigenvalue weighted by atomic mass is 16.3. The van der Waals surface area contributed by atoms with Gasteiger partial charge in [-0.1, -0.05) is 30.0 Å². The van der Waals surface area contributed by atoms with Crippen molar-refractivity contribution in [2.75, 3.05) is 14.1 Å². The summed E-state index contributed by atoms with van der Waals surface area (Å²) in [5.74, 6) is -0.684. The van der Waals surface area contributed by atoms with E-state index in [1.165, 1.54) is 11.0 Å². The first-order valence-corrected chi connectivity index (χ1v) is 12.0. The molecule has 0 bridgehead atoms. The number of aliphatic hydroxyl groups excluding tert-OH is 2. The average molecular weight is 515 g/mol. The van der Waals surface area contributed by atoms with Gasteiger partial charge in [0.25, 0.3) is 5.91 Å². The molecule has 3 aliphatic rings. The minimum atomic E-state index is -2.66. The predicted molar refractivity (Wildman–Crippen MR) is 137 cm³/mol. The molecule has 9 heteroatoms. The number of carbonyl (C=O) groups is 3. The van der Waals surface area contributed by atoms with Crippen LogP contribution in [0.3, 0.4) is 0 Å². The molecule has 0 aromatic heterocycles. The van der Waals surface area contributed by atoms with Gasteiger partial charge in [0.15, 0.2) is 11.4 Å². The number of fused-ring (bicyclic) bond motifs is 3. The number of hydrogen-bond donors (Lipinski definition) is 5. The topological polar surface area (TPSA) is 161 Å². The summed E-state index contributed by atoms with van der Waals surface area (Å²) in [6.45, 7) is 0. The van der Waals surface area contributed by atoms with E-state index >= 15 is 0 Å². The summed E-state index contributed by atoms with van der Waals surface area (Å²) in [4.78, 5) is 40.5. The summed E-state index contributed by atoms with van der Waals surface area (Å²) >= 11 is 0. The third-order valence-corrected chi connectivity index (χ3v) is 7.72. The van der Waals surface area contributed by atoms with Crippen LogP contribution in [0.5, 0.6) is 5.75 Å². The minimum absolute atomic E-state index is 0.0150. The van der Waals surface area contributed by atoms with E-state index in [0.717, 1.165) is 5.56 Å².